The largest absolute Gasteiger partial charge is 0.462 e. The second kappa shape index (κ2) is 73.9. The molecule has 0 aliphatic heterocycles. The zero-order valence-corrected chi connectivity index (χ0v) is 56.0. The van der Waals surface area contributed by atoms with E-state index in [-0.39, 0.29) is 25.2 Å². The summed E-state index contributed by atoms with van der Waals surface area (Å²) >= 11 is 0. The number of rotatable bonds is 70. The molecule has 5 nitrogen and oxygen atoms in total. The number of ether oxygens (including phenoxy) is 2. The van der Waals surface area contributed by atoms with E-state index >= 15 is 0 Å². The van der Waals surface area contributed by atoms with Gasteiger partial charge in [0.2, 0.25) is 0 Å². The van der Waals surface area contributed by atoms with E-state index in [0.717, 1.165) is 64.2 Å². The maximum absolute atomic E-state index is 12.4. The smallest absolute Gasteiger partial charge is 0.306 e. The highest BCUT2D eigenvalue weighted by Crippen LogP contribution is 2.20. The fourth-order valence-electron chi connectivity index (χ4n) is 11.5. The van der Waals surface area contributed by atoms with Crippen molar-refractivity contribution in [2.24, 2.45) is 0 Å². The zero-order valence-electron chi connectivity index (χ0n) is 56.0. The van der Waals surface area contributed by atoms with E-state index in [4.69, 9.17) is 9.47 Å². The maximum atomic E-state index is 12.4. The lowest BCUT2D eigenvalue weighted by atomic mass is 10.0. The number of hydrogen-bond acceptors (Lipinski definition) is 5. The van der Waals surface area contributed by atoms with Crippen molar-refractivity contribution >= 4 is 11.9 Å². The highest BCUT2D eigenvalue weighted by Gasteiger charge is 2.16. The molecule has 0 bridgehead atoms. The van der Waals surface area contributed by atoms with Crippen molar-refractivity contribution in [2.45, 2.75) is 412 Å². The molecule has 0 aliphatic rings. The molecule has 0 aliphatic carbocycles. The highest BCUT2D eigenvalue weighted by molar-refractivity contribution is 5.70. The Morgan fingerprint density at radius 1 is 0.289 bits per heavy atom. The van der Waals surface area contributed by atoms with Gasteiger partial charge in [0.05, 0.1) is 6.61 Å². The summed E-state index contributed by atoms with van der Waals surface area (Å²) in [6, 6.07) is 0. The Balaban J connectivity index is 3.38. The summed E-state index contributed by atoms with van der Waals surface area (Å²) in [5.41, 5.74) is 0. The summed E-state index contributed by atoms with van der Waals surface area (Å²) < 4.78 is 10.8. The van der Waals surface area contributed by atoms with Crippen LogP contribution in [-0.4, -0.2) is 36.4 Å². The summed E-state index contributed by atoms with van der Waals surface area (Å²) in [7, 11) is 0. The van der Waals surface area contributed by atoms with Crippen LogP contribution >= 0.6 is 0 Å². The van der Waals surface area contributed by atoms with E-state index in [1.807, 2.05) is 0 Å². The van der Waals surface area contributed by atoms with Crippen LogP contribution in [0.5, 0.6) is 0 Å². The van der Waals surface area contributed by atoms with Gasteiger partial charge in [0.1, 0.15) is 6.61 Å². The Morgan fingerprint density at radius 2 is 0.518 bits per heavy atom. The zero-order chi connectivity index (χ0) is 59.8. The fraction of sp³-hybridized carbons (Fsp3) is 0.846. The van der Waals surface area contributed by atoms with Crippen molar-refractivity contribution in [3.05, 3.63) is 60.8 Å². The second-order valence-electron chi connectivity index (χ2n) is 25.4. The number of aliphatic hydroxyl groups is 1. The predicted octanol–water partition coefficient (Wildman–Crippen LogP) is 26.1. The number of unbranched alkanes of at least 4 members (excludes halogenated alkanes) is 52. The standard InChI is InChI=1S/C78H144O5/c1-3-5-7-9-11-13-15-17-19-21-23-25-27-29-31-33-35-37-39-41-43-45-47-49-51-53-55-57-59-61-63-65-67-69-71-73-78(81)83-76(74-79)75-82-77(80)72-70-68-66-64-62-60-58-56-54-52-50-48-46-44-42-40-38-36-34-32-30-28-26-24-22-20-18-16-14-12-10-8-6-4-2/h5,7,11,13,17,19,23,25,29,31,76,79H,3-4,6,8-10,12,14-16,18,20-22,24,26-28,30,32-75H2,1-2H3/b7-5-,13-11-,19-17-,25-23-,31-29-. The Bertz CT molecular complexity index is 1410. The average Bonchev–Trinajstić information content (AvgIpc) is 3.49. The first-order valence-corrected chi connectivity index (χ1v) is 37.3. The van der Waals surface area contributed by atoms with Gasteiger partial charge in [-0.2, -0.15) is 0 Å². The minimum atomic E-state index is -0.772. The number of esters is 2. The highest BCUT2D eigenvalue weighted by atomic mass is 16.6. The van der Waals surface area contributed by atoms with Crippen molar-refractivity contribution in [1.29, 1.82) is 0 Å². The Hall–Kier alpha value is -2.40. The molecule has 0 amide bonds. The number of hydrogen-bond donors (Lipinski definition) is 1. The number of allylic oxidation sites excluding steroid dienone is 10. The first-order chi connectivity index (χ1) is 41.1. The third-order valence-electron chi connectivity index (χ3n) is 17.1. The molecule has 0 aromatic heterocycles. The van der Waals surface area contributed by atoms with Gasteiger partial charge in [0.15, 0.2) is 6.10 Å². The summed E-state index contributed by atoms with van der Waals surface area (Å²) in [4.78, 5) is 24.7. The van der Waals surface area contributed by atoms with Crippen molar-refractivity contribution in [3.63, 3.8) is 0 Å². The normalized spacial score (nSPS) is 12.5. The van der Waals surface area contributed by atoms with Gasteiger partial charge in [0, 0.05) is 12.8 Å². The van der Waals surface area contributed by atoms with Gasteiger partial charge in [-0.3, -0.25) is 9.59 Å². The molecule has 0 aromatic rings. The van der Waals surface area contributed by atoms with E-state index in [9.17, 15) is 14.7 Å². The molecule has 0 spiro atoms. The van der Waals surface area contributed by atoms with Gasteiger partial charge >= 0.3 is 11.9 Å². The van der Waals surface area contributed by atoms with E-state index in [1.165, 1.54) is 315 Å². The minimum absolute atomic E-state index is 0.0601. The van der Waals surface area contributed by atoms with Crippen LogP contribution in [0, 0.1) is 0 Å². The van der Waals surface area contributed by atoms with Gasteiger partial charge in [-0.1, -0.05) is 396 Å². The molecule has 5 heteroatoms. The molecule has 0 radical (unpaired) electrons. The van der Waals surface area contributed by atoms with E-state index < -0.39 is 6.10 Å². The van der Waals surface area contributed by atoms with Crippen molar-refractivity contribution < 1.29 is 24.2 Å². The number of aliphatic hydroxyl groups excluding tert-OH is 1. The monoisotopic (exact) mass is 1160 g/mol. The summed E-state index contributed by atoms with van der Waals surface area (Å²) in [6.45, 7) is 4.09. The molecule has 486 valence electrons. The Kier molecular flexibility index (Phi) is 71.7. The molecule has 0 saturated carbocycles. The quantitative estimate of drug-likeness (QED) is 0.0373. The molecule has 0 heterocycles. The topological polar surface area (TPSA) is 72.8 Å². The first-order valence-electron chi connectivity index (χ1n) is 37.3. The fourth-order valence-corrected chi connectivity index (χ4v) is 11.5. The van der Waals surface area contributed by atoms with E-state index in [2.05, 4.69) is 74.6 Å². The van der Waals surface area contributed by atoms with Gasteiger partial charge in [-0.15, -0.1) is 0 Å². The molecule has 0 saturated heterocycles. The molecule has 0 aromatic carbocycles. The molecular weight excluding hydrogens is 1020 g/mol. The average molecular weight is 1160 g/mol. The Labute approximate surface area is 519 Å². The van der Waals surface area contributed by atoms with Crippen molar-refractivity contribution in [3.8, 4) is 0 Å². The van der Waals surface area contributed by atoms with Crippen LogP contribution < -0.4 is 0 Å². The van der Waals surface area contributed by atoms with Crippen LogP contribution in [0.15, 0.2) is 60.8 Å². The number of carbonyl (C=O) groups is 2. The van der Waals surface area contributed by atoms with E-state index in [0.29, 0.717) is 12.8 Å². The van der Waals surface area contributed by atoms with Crippen LogP contribution in [0.4, 0.5) is 0 Å². The molecular formula is C78H144O5. The van der Waals surface area contributed by atoms with Gasteiger partial charge in [-0.05, 0) is 57.8 Å². The summed E-state index contributed by atoms with van der Waals surface area (Å²) in [6.07, 6.45) is 101. The third kappa shape index (κ3) is 72.0. The molecule has 0 rings (SSSR count). The summed E-state index contributed by atoms with van der Waals surface area (Å²) in [5.74, 6) is -0.566. The molecule has 1 atom stereocenters. The van der Waals surface area contributed by atoms with Gasteiger partial charge in [-0.25, -0.2) is 0 Å². The lowest BCUT2D eigenvalue weighted by molar-refractivity contribution is -0.161. The van der Waals surface area contributed by atoms with Crippen molar-refractivity contribution in [2.75, 3.05) is 13.2 Å². The van der Waals surface area contributed by atoms with Crippen LogP contribution in [0.25, 0.3) is 0 Å². The van der Waals surface area contributed by atoms with Crippen LogP contribution in [0.1, 0.15) is 406 Å². The molecule has 1 N–H and O–H groups in total. The third-order valence-corrected chi connectivity index (χ3v) is 17.1. The first kappa shape index (κ1) is 80.6. The van der Waals surface area contributed by atoms with Crippen LogP contribution in [0.3, 0.4) is 0 Å². The van der Waals surface area contributed by atoms with Gasteiger partial charge < -0.3 is 14.6 Å². The van der Waals surface area contributed by atoms with Gasteiger partial charge in [0.25, 0.3) is 0 Å². The lowest BCUT2D eigenvalue weighted by Crippen LogP contribution is -2.28. The lowest BCUT2D eigenvalue weighted by Gasteiger charge is -2.15. The summed E-state index contributed by atoms with van der Waals surface area (Å²) in [5, 5.41) is 9.72. The SMILES string of the molecule is CC/C=C\C/C=C\C/C=C\C/C=C\C/C=C\CCCCCCCCCCCCCCCCCCCCCC(=O)OC(CO)COC(=O)CCCCCCCCCCCCCCCCCCCCCCCCCCCCCCCCCCCC. The Morgan fingerprint density at radius 3 is 0.783 bits per heavy atom. The number of carbonyl (C=O) groups excluding carboxylic acids is 2. The van der Waals surface area contributed by atoms with Crippen LogP contribution in [0.2, 0.25) is 0 Å². The minimum Gasteiger partial charge on any atom is -0.462 e. The van der Waals surface area contributed by atoms with Crippen LogP contribution in [-0.2, 0) is 19.1 Å². The molecule has 1 unspecified atom stereocenters. The molecule has 0 fully saturated rings. The van der Waals surface area contributed by atoms with Crippen molar-refractivity contribution in [1.82, 2.24) is 0 Å². The second-order valence-corrected chi connectivity index (χ2v) is 25.4. The van der Waals surface area contributed by atoms with E-state index in [1.54, 1.807) is 0 Å². The molecule has 83 heavy (non-hydrogen) atoms. The maximum Gasteiger partial charge on any atom is 0.306 e. The predicted molar refractivity (Wildman–Crippen MR) is 367 cm³/mol.